The van der Waals surface area contributed by atoms with Crippen LogP contribution in [0, 0.1) is 0 Å². The number of nitrogens with two attached hydrogens (primary N) is 1. The second-order valence-corrected chi connectivity index (χ2v) is 6.57. The number of ether oxygens (including phenoxy) is 1. The molecule has 3 N–H and O–H groups in total. The van der Waals surface area contributed by atoms with E-state index < -0.39 is 18.0 Å². The van der Waals surface area contributed by atoms with E-state index in [2.05, 4.69) is 29.6 Å². The molecule has 0 fully saturated rings. The molecule has 0 spiro atoms. The van der Waals surface area contributed by atoms with Crippen molar-refractivity contribution in [1.29, 1.82) is 0 Å². The van der Waals surface area contributed by atoms with Crippen molar-refractivity contribution < 1.29 is 14.3 Å². The van der Waals surface area contributed by atoms with Crippen LogP contribution >= 0.6 is 0 Å². The van der Waals surface area contributed by atoms with Crippen molar-refractivity contribution >= 4 is 12.0 Å². The molecule has 1 aliphatic rings. The molecule has 0 saturated carbocycles. The van der Waals surface area contributed by atoms with Gasteiger partial charge in [-0.15, -0.1) is 0 Å². The van der Waals surface area contributed by atoms with Crippen LogP contribution in [0.25, 0.3) is 11.1 Å². The van der Waals surface area contributed by atoms with Crippen molar-refractivity contribution in [1.82, 2.24) is 5.32 Å². The fourth-order valence-corrected chi connectivity index (χ4v) is 3.48. The first-order valence-electron chi connectivity index (χ1n) is 9.02. The molecule has 0 saturated heterocycles. The lowest BCUT2D eigenvalue weighted by atomic mass is 9.98. The van der Waals surface area contributed by atoms with Crippen molar-refractivity contribution in [2.45, 2.75) is 38.1 Å². The summed E-state index contributed by atoms with van der Waals surface area (Å²) in [6.45, 7) is 2.24. The summed E-state index contributed by atoms with van der Waals surface area (Å²) in [6, 6.07) is 15.6. The molecule has 2 aromatic rings. The lowest BCUT2D eigenvalue weighted by Gasteiger charge is -2.17. The number of amides is 2. The molecular formula is C21H24N2O3. The van der Waals surface area contributed by atoms with Crippen LogP contribution in [0.2, 0.25) is 0 Å². The van der Waals surface area contributed by atoms with Gasteiger partial charge in [-0.25, -0.2) is 4.79 Å². The molecule has 2 amide bonds. The minimum absolute atomic E-state index is 0.00387. The molecule has 1 aliphatic carbocycles. The molecule has 5 nitrogen and oxygen atoms in total. The Morgan fingerprint density at radius 3 is 2.19 bits per heavy atom. The molecule has 0 aromatic heterocycles. The molecule has 1 atom stereocenters. The van der Waals surface area contributed by atoms with E-state index in [1.54, 1.807) is 0 Å². The van der Waals surface area contributed by atoms with Gasteiger partial charge in [0.15, 0.2) is 0 Å². The molecule has 3 rings (SSSR count). The number of rotatable bonds is 7. The van der Waals surface area contributed by atoms with E-state index in [4.69, 9.17) is 10.5 Å². The summed E-state index contributed by atoms with van der Waals surface area (Å²) in [6.07, 6.45) is 1.66. The number of primary amides is 1. The Labute approximate surface area is 153 Å². The van der Waals surface area contributed by atoms with Gasteiger partial charge in [0.2, 0.25) is 5.91 Å². The van der Waals surface area contributed by atoms with Crippen molar-refractivity contribution in [3.05, 3.63) is 59.7 Å². The number of hydrogen-bond acceptors (Lipinski definition) is 3. The fourth-order valence-electron chi connectivity index (χ4n) is 3.48. The average Bonchev–Trinajstić information content (AvgIpc) is 2.97. The summed E-state index contributed by atoms with van der Waals surface area (Å²) < 4.78 is 5.44. The molecule has 5 heteroatoms. The summed E-state index contributed by atoms with van der Waals surface area (Å²) in [7, 11) is 0. The first-order chi connectivity index (χ1) is 12.6. The smallest absolute Gasteiger partial charge is 0.407 e. The monoisotopic (exact) mass is 352 g/mol. The first-order valence-corrected chi connectivity index (χ1v) is 9.02. The fraction of sp³-hybridized carbons (Fsp3) is 0.333. The van der Waals surface area contributed by atoms with E-state index in [1.807, 2.05) is 31.2 Å². The predicted octanol–water partition coefficient (Wildman–Crippen LogP) is 3.57. The normalized spacial score (nSPS) is 13.6. The van der Waals surface area contributed by atoms with Gasteiger partial charge in [0, 0.05) is 5.92 Å². The third-order valence-electron chi connectivity index (χ3n) is 4.83. The summed E-state index contributed by atoms with van der Waals surface area (Å²) >= 11 is 0. The highest BCUT2D eigenvalue weighted by atomic mass is 16.5. The largest absolute Gasteiger partial charge is 0.449 e. The first kappa shape index (κ1) is 18.0. The van der Waals surface area contributed by atoms with Crippen LogP contribution in [0.1, 0.15) is 43.2 Å². The second-order valence-electron chi connectivity index (χ2n) is 6.57. The van der Waals surface area contributed by atoms with Crippen molar-refractivity contribution in [2.75, 3.05) is 6.61 Å². The number of nitrogens with one attached hydrogen (secondary N) is 1. The molecule has 2 aromatic carbocycles. The Morgan fingerprint density at radius 1 is 1.08 bits per heavy atom. The van der Waals surface area contributed by atoms with Crippen molar-refractivity contribution in [3.8, 4) is 11.1 Å². The summed E-state index contributed by atoms with van der Waals surface area (Å²) in [5, 5.41) is 2.59. The molecule has 0 bridgehead atoms. The molecule has 0 heterocycles. The Morgan fingerprint density at radius 2 is 1.65 bits per heavy atom. The summed E-state index contributed by atoms with van der Waals surface area (Å²) in [5.74, 6) is -0.539. The number of hydrogen-bond donors (Lipinski definition) is 2. The molecule has 26 heavy (non-hydrogen) atoms. The highest BCUT2D eigenvalue weighted by molar-refractivity contribution is 5.84. The van der Waals surface area contributed by atoms with Crippen LogP contribution < -0.4 is 11.1 Å². The molecular weight excluding hydrogens is 328 g/mol. The number of benzene rings is 2. The predicted molar refractivity (Wildman–Crippen MR) is 101 cm³/mol. The lowest BCUT2D eigenvalue weighted by Crippen LogP contribution is -2.44. The SMILES string of the molecule is CCCCC(NC(=O)OCC1c2ccccc2-c2ccccc21)C(N)=O. The summed E-state index contributed by atoms with van der Waals surface area (Å²) in [5.41, 5.74) is 10.0. The van der Waals surface area contributed by atoms with Gasteiger partial charge in [-0.3, -0.25) is 4.79 Å². The Bertz CT molecular complexity index is 758. The number of carbonyl (C=O) groups excluding carboxylic acids is 2. The van der Waals surface area contributed by atoms with E-state index >= 15 is 0 Å². The highest BCUT2D eigenvalue weighted by Crippen LogP contribution is 2.44. The zero-order chi connectivity index (χ0) is 18.5. The molecule has 0 radical (unpaired) electrons. The number of fused-ring (bicyclic) bond motifs is 3. The van der Waals surface area contributed by atoms with Gasteiger partial charge in [-0.05, 0) is 28.7 Å². The van der Waals surface area contributed by atoms with Gasteiger partial charge < -0.3 is 15.8 Å². The third-order valence-corrected chi connectivity index (χ3v) is 4.83. The van der Waals surface area contributed by atoms with Crippen LogP contribution in [0.4, 0.5) is 4.79 Å². The van der Waals surface area contributed by atoms with Crippen molar-refractivity contribution in [3.63, 3.8) is 0 Å². The third kappa shape index (κ3) is 3.72. The van der Waals surface area contributed by atoms with Gasteiger partial charge in [0.05, 0.1) is 0 Å². The lowest BCUT2D eigenvalue weighted by molar-refractivity contribution is -0.120. The maximum Gasteiger partial charge on any atom is 0.407 e. The zero-order valence-corrected chi connectivity index (χ0v) is 14.9. The van der Waals surface area contributed by atoms with Crippen LogP contribution in [-0.2, 0) is 9.53 Å². The quantitative estimate of drug-likeness (QED) is 0.799. The van der Waals surface area contributed by atoms with Gasteiger partial charge in [-0.2, -0.15) is 0 Å². The molecule has 0 aliphatic heterocycles. The maximum atomic E-state index is 12.2. The number of carbonyl (C=O) groups is 2. The summed E-state index contributed by atoms with van der Waals surface area (Å²) in [4.78, 5) is 23.6. The zero-order valence-electron chi connectivity index (χ0n) is 14.9. The van der Waals surface area contributed by atoms with E-state index in [-0.39, 0.29) is 12.5 Å². The van der Waals surface area contributed by atoms with E-state index in [1.165, 1.54) is 11.1 Å². The Balaban J connectivity index is 1.68. The van der Waals surface area contributed by atoms with Crippen LogP contribution in [0.3, 0.4) is 0 Å². The van der Waals surface area contributed by atoms with Gasteiger partial charge >= 0.3 is 6.09 Å². The second kappa shape index (κ2) is 8.04. The van der Waals surface area contributed by atoms with Crippen LogP contribution in [0.5, 0.6) is 0 Å². The van der Waals surface area contributed by atoms with E-state index in [0.29, 0.717) is 6.42 Å². The Kier molecular flexibility index (Phi) is 5.56. The highest BCUT2D eigenvalue weighted by Gasteiger charge is 2.29. The topological polar surface area (TPSA) is 81.4 Å². The van der Waals surface area contributed by atoms with Crippen molar-refractivity contribution in [2.24, 2.45) is 5.73 Å². The van der Waals surface area contributed by atoms with Gasteiger partial charge in [0.25, 0.3) is 0 Å². The van der Waals surface area contributed by atoms with Crippen LogP contribution in [-0.4, -0.2) is 24.6 Å². The van der Waals surface area contributed by atoms with Gasteiger partial charge in [-0.1, -0.05) is 68.3 Å². The van der Waals surface area contributed by atoms with Gasteiger partial charge in [0.1, 0.15) is 12.6 Å². The minimum Gasteiger partial charge on any atom is -0.449 e. The number of alkyl carbamates (subject to hydrolysis) is 1. The standard InChI is InChI=1S/C21H24N2O3/c1-2-3-12-19(20(22)24)23-21(25)26-13-18-16-10-6-4-8-14(16)15-9-5-7-11-17(15)18/h4-11,18-19H,2-3,12-13H2,1H3,(H2,22,24)(H,23,25). The molecule has 1 unspecified atom stereocenters. The molecule has 136 valence electrons. The van der Waals surface area contributed by atoms with E-state index in [9.17, 15) is 9.59 Å². The Hall–Kier alpha value is -2.82. The van der Waals surface area contributed by atoms with Crippen LogP contribution in [0.15, 0.2) is 48.5 Å². The minimum atomic E-state index is -0.689. The van der Waals surface area contributed by atoms with E-state index in [0.717, 1.165) is 24.0 Å². The average molecular weight is 352 g/mol. The number of unbranched alkanes of at least 4 members (excludes halogenated alkanes) is 1. The maximum absolute atomic E-state index is 12.2.